The van der Waals surface area contributed by atoms with Gasteiger partial charge in [0.1, 0.15) is 5.82 Å². The lowest BCUT2D eigenvalue weighted by atomic mass is 10.2. The second kappa shape index (κ2) is 8.34. The summed E-state index contributed by atoms with van der Waals surface area (Å²) in [6.07, 6.45) is 1.96. The van der Waals surface area contributed by atoms with Crippen molar-refractivity contribution in [1.82, 2.24) is 14.8 Å². The van der Waals surface area contributed by atoms with Crippen molar-refractivity contribution >= 4 is 46.6 Å². The van der Waals surface area contributed by atoms with Crippen LogP contribution in [0.5, 0.6) is 0 Å². The summed E-state index contributed by atoms with van der Waals surface area (Å²) in [5, 5.41) is 12.2. The average Bonchev–Trinajstić information content (AvgIpc) is 3.45. The number of amides is 1. The van der Waals surface area contributed by atoms with Gasteiger partial charge >= 0.3 is 0 Å². The Labute approximate surface area is 181 Å². The molecule has 3 aromatic rings. The predicted octanol–water partition coefficient (Wildman–Crippen LogP) is 5.85. The van der Waals surface area contributed by atoms with Gasteiger partial charge in [0.05, 0.1) is 21.5 Å². The molecular formula is C20H17Cl2FN4OS. The van der Waals surface area contributed by atoms with Crippen molar-refractivity contribution in [2.24, 2.45) is 0 Å². The van der Waals surface area contributed by atoms with E-state index >= 15 is 0 Å². The van der Waals surface area contributed by atoms with Gasteiger partial charge in [-0.05, 0) is 50.1 Å². The summed E-state index contributed by atoms with van der Waals surface area (Å²) in [7, 11) is 0. The van der Waals surface area contributed by atoms with Crippen molar-refractivity contribution in [2.45, 2.75) is 36.2 Å². The van der Waals surface area contributed by atoms with Crippen LogP contribution in [0.25, 0.3) is 11.4 Å². The monoisotopic (exact) mass is 450 g/mol. The van der Waals surface area contributed by atoms with Crippen molar-refractivity contribution < 1.29 is 9.18 Å². The van der Waals surface area contributed by atoms with Crippen LogP contribution in [0.4, 0.5) is 10.1 Å². The number of hydrogen-bond donors (Lipinski definition) is 1. The quantitative estimate of drug-likeness (QED) is 0.478. The molecule has 1 aromatic heterocycles. The molecule has 1 aliphatic carbocycles. The van der Waals surface area contributed by atoms with Crippen molar-refractivity contribution in [3.05, 3.63) is 58.3 Å². The van der Waals surface area contributed by atoms with Crippen molar-refractivity contribution in [1.29, 1.82) is 0 Å². The van der Waals surface area contributed by atoms with Crippen LogP contribution in [0.3, 0.4) is 0 Å². The number of aromatic nitrogens is 3. The number of anilines is 1. The Kier molecular flexibility index (Phi) is 5.81. The lowest BCUT2D eigenvalue weighted by molar-refractivity contribution is -0.115. The fraction of sp³-hybridized carbons (Fsp3) is 0.250. The Balaban J connectivity index is 1.55. The molecule has 0 radical (unpaired) electrons. The van der Waals surface area contributed by atoms with E-state index in [4.69, 9.17) is 23.2 Å². The number of nitrogens with zero attached hydrogens (tertiary/aromatic N) is 3. The third-order valence-electron chi connectivity index (χ3n) is 4.53. The van der Waals surface area contributed by atoms with Crippen LogP contribution in [0.15, 0.2) is 47.6 Å². The molecular weight excluding hydrogens is 434 g/mol. The van der Waals surface area contributed by atoms with Crippen molar-refractivity contribution in [3.63, 3.8) is 0 Å². The standard InChI is InChI=1S/C20H17Cl2FN4OS/c1-11(19(28)24-17-10-12(21)6-9-15(17)22)29-20-26-25-18(27(20)13-7-8-13)14-4-2-3-5-16(14)23/h2-6,9-11,13H,7-8H2,1H3,(H,24,28). The molecule has 1 heterocycles. The Morgan fingerprint density at radius 1 is 1.24 bits per heavy atom. The highest BCUT2D eigenvalue weighted by molar-refractivity contribution is 8.00. The molecule has 4 rings (SSSR count). The first-order valence-corrected chi connectivity index (χ1v) is 10.7. The molecule has 2 aromatic carbocycles. The molecule has 1 unspecified atom stereocenters. The SMILES string of the molecule is CC(Sc1nnc(-c2ccccc2F)n1C1CC1)C(=O)Nc1cc(Cl)ccc1Cl. The number of halogens is 3. The second-order valence-corrected chi connectivity index (χ2v) is 8.91. The Bertz CT molecular complexity index is 1070. The topological polar surface area (TPSA) is 59.8 Å². The minimum absolute atomic E-state index is 0.222. The summed E-state index contributed by atoms with van der Waals surface area (Å²) >= 11 is 13.4. The molecule has 9 heteroatoms. The van der Waals surface area contributed by atoms with E-state index < -0.39 is 5.25 Å². The van der Waals surface area contributed by atoms with Gasteiger partial charge in [0.25, 0.3) is 0 Å². The van der Waals surface area contributed by atoms with E-state index in [9.17, 15) is 9.18 Å². The van der Waals surface area contributed by atoms with Crippen LogP contribution in [0, 0.1) is 5.82 Å². The molecule has 1 aliphatic rings. The number of nitrogens with one attached hydrogen (secondary N) is 1. The zero-order chi connectivity index (χ0) is 20.5. The molecule has 0 saturated heterocycles. The lowest BCUT2D eigenvalue weighted by Gasteiger charge is -2.14. The van der Waals surface area contributed by atoms with Gasteiger partial charge in [0.2, 0.25) is 5.91 Å². The molecule has 5 nitrogen and oxygen atoms in total. The van der Waals surface area contributed by atoms with E-state index in [1.54, 1.807) is 43.3 Å². The smallest absolute Gasteiger partial charge is 0.237 e. The van der Waals surface area contributed by atoms with E-state index in [0.29, 0.717) is 32.3 Å². The van der Waals surface area contributed by atoms with Gasteiger partial charge in [-0.3, -0.25) is 9.36 Å². The van der Waals surface area contributed by atoms with Gasteiger partial charge in [-0.25, -0.2) is 4.39 Å². The number of carbonyl (C=O) groups is 1. The van der Waals surface area contributed by atoms with Crippen LogP contribution in [-0.2, 0) is 4.79 Å². The lowest BCUT2D eigenvalue weighted by Crippen LogP contribution is -2.23. The van der Waals surface area contributed by atoms with Crippen molar-refractivity contribution in [2.75, 3.05) is 5.32 Å². The van der Waals surface area contributed by atoms with Crippen LogP contribution in [0.2, 0.25) is 10.0 Å². The fourth-order valence-corrected chi connectivity index (χ4v) is 4.14. The highest BCUT2D eigenvalue weighted by Gasteiger charge is 2.32. The van der Waals surface area contributed by atoms with Gasteiger partial charge in [0, 0.05) is 11.1 Å². The van der Waals surface area contributed by atoms with Crippen molar-refractivity contribution in [3.8, 4) is 11.4 Å². The highest BCUT2D eigenvalue weighted by Crippen LogP contribution is 2.42. The molecule has 0 aliphatic heterocycles. The minimum atomic E-state index is -0.472. The Morgan fingerprint density at radius 2 is 2.00 bits per heavy atom. The van der Waals surface area contributed by atoms with Crippen LogP contribution < -0.4 is 5.32 Å². The fourth-order valence-electron chi connectivity index (χ4n) is 2.88. The normalized spacial score (nSPS) is 14.6. The van der Waals surface area contributed by atoms with Crippen LogP contribution >= 0.6 is 35.0 Å². The summed E-state index contributed by atoms with van der Waals surface area (Å²) in [5.74, 6) is -0.102. The molecule has 1 saturated carbocycles. The van der Waals surface area contributed by atoms with E-state index in [1.165, 1.54) is 17.8 Å². The van der Waals surface area contributed by atoms with Crippen LogP contribution in [0.1, 0.15) is 25.8 Å². The van der Waals surface area contributed by atoms with Crippen LogP contribution in [-0.4, -0.2) is 25.9 Å². The largest absolute Gasteiger partial charge is 0.324 e. The third kappa shape index (κ3) is 4.42. The molecule has 1 atom stereocenters. The molecule has 29 heavy (non-hydrogen) atoms. The number of carbonyl (C=O) groups excluding carboxylic acids is 1. The first-order chi connectivity index (χ1) is 13.9. The zero-order valence-electron chi connectivity index (χ0n) is 15.4. The van der Waals surface area contributed by atoms with Gasteiger partial charge < -0.3 is 5.32 Å². The predicted molar refractivity (Wildman–Crippen MR) is 114 cm³/mol. The molecule has 1 amide bonds. The number of rotatable bonds is 6. The maximum atomic E-state index is 14.3. The average molecular weight is 451 g/mol. The Hall–Kier alpha value is -2.09. The summed E-state index contributed by atoms with van der Waals surface area (Å²) in [4.78, 5) is 12.7. The molecule has 1 N–H and O–H groups in total. The maximum Gasteiger partial charge on any atom is 0.237 e. The van der Waals surface area contributed by atoms with Gasteiger partial charge in [-0.15, -0.1) is 10.2 Å². The third-order valence-corrected chi connectivity index (χ3v) is 6.15. The molecule has 0 bridgehead atoms. The summed E-state index contributed by atoms with van der Waals surface area (Å²) in [6, 6.07) is 11.6. The summed E-state index contributed by atoms with van der Waals surface area (Å²) < 4.78 is 16.2. The molecule has 150 valence electrons. The number of hydrogen-bond acceptors (Lipinski definition) is 4. The summed E-state index contributed by atoms with van der Waals surface area (Å²) in [5.41, 5.74) is 0.855. The summed E-state index contributed by atoms with van der Waals surface area (Å²) in [6.45, 7) is 1.77. The van der Waals surface area contributed by atoms with Gasteiger partial charge in [-0.2, -0.15) is 0 Å². The highest BCUT2D eigenvalue weighted by atomic mass is 35.5. The van der Waals surface area contributed by atoms with E-state index in [-0.39, 0.29) is 17.8 Å². The molecule has 0 spiro atoms. The second-order valence-electron chi connectivity index (χ2n) is 6.76. The zero-order valence-corrected chi connectivity index (χ0v) is 17.7. The number of thioether (sulfide) groups is 1. The van der Waals surface area contributed by atoms with E-state index in [1.807, 2.05) is 4.57 Å². The van der Waals surface area contributed by atoms with E-state index in [0.717, 1.165) is 12.8 Å². The van der Waals surface area contributed by atoms with E-state index in [2.05, 4.69) is 15.5 Å². The van der Waals surface area contributed by atoms with Gasteiger partial charge in [-0.1, -0.05) is 47.1 Å². The maximum absolute atomic E-state index is 14.3. The first-order valence-electron chi connectivity index (χ1n) is 9.06. The Morgan fingerprint density at radius 3 is 2.72 bits per heavy atom. The van der Waals surface area contributed by atoms with Gasteiger partial charge in [0.15, 0.2) is 11.0 Å². The number of benzene rings is 2. The minimum Gasteiger partial charge on any atom is -0.324 e. The molecule has 1 fully saturated rings. The first kappa shape index (κ1) is 20.2.